The van der Waals surface area contributed by atoms with Crippen molar-refractivity contribution < 1.29 is 24.2 Å². The average Bonchev–Trinajstić information content (AvgIpc) is 2.64. The Morgan fingerprint density at radius 3 is 2.62 bits per heavy atom. The number of anilines is 1. The largest absolute Gasteiger partial charge is 0.503 e. The molecule has 1 saturated heterocycles. The molecule has 2 N–H and O–H groups in total. The van der Waals surface area contributed by atoms with Crippen molar-refractivity contribution in [1.29, 1.82) is 0 Å². The molecule has 0 atom stereocenters. The molecule has 29 heavy (non-hydrogen) atoms. The predicted molar refractivity (Wildman–Crippen MR) is 112 cm³/mol. The number of amides is 4. The van der Waals surface area contributed by atoms with Crippen LogP contribution in [0.3, 0.4) is 0 Å². The summed E-state index contributed by atoms with van der Waals surface area (Å²) in [5.74, 6) is -1.72. The first-order valence-corrected chi connectivity index (χ1v) is 9.73. The van der Waals surface area contributed by atoms with E-state index in [1.54, 1.807) is 32.0 Å². The summed E-state index contributed by atoms with van der Waals surface area (Å²) in [6, 6.07) is 7.05. The number of nitrogens with zero attached hydrogens (tertiary/aromatic N) is 1. The van der Waals surface area contributed by atoms with Gasteiger partial charge in [-0.2, -0.15) is 0 Å². The minimum atomic E-state index is -0.832. The van der Waals surface area contributed by atoms with Gasteiger partial charge in [-0.05, 0) is 61.4 Å². The van der Waals surface area contributed by atoms with Gasteiger partial charge in [-0.3, -0.25) is 14.9 Å². The number of nitrogens with one attached hydrogen (secondary N) is 1. The molecule has 0 radical (unpaired) electrons. The summed E-state index contributed by atoms with van der Waals surface area (Å²) in [5.41, 5.74) is 1.13. The third-order valence-electron chi connectivity index (χ3n) is 4.16. The molecule has 9 heteroatoms. The highest BCUT2D eigenvalue weighted by Gasteiger charge is 2.37. The number of hydrogen-bond acceptors (Lipinski definition) is 5. The van der Waals surface area contributed by atoms with Gasteiger partial charge < -0.3 is 9.84 Å². The molecule has 0 bridgehead atoms. The molecule has 1 fully saturated rings. The van der Waals surface area contributed by atoms with E-state index in [0.29, 0.717) is 16.8 Å². The minimum absolute atomic E-state index is 0.00292. The Morgan fingerprint density at radius 2 is 1.97 bits per heavy atom. The van der Waals surface area contributed by atoms with Crippen molar-refractivity contribution in [3.05, 3.63) is 56.5 Å². The number of benzene rings is 2. The third-order valence-corrected chi connectivity index (χ3v) is 4.94. The minimum Gasteiger partial charge on any atom is -0.503 e. The molecule has 1 aliphatic rings. The van der Waals surface area contributed by atoms with Gasteiger partial charge in [0.25, 0.3) is 11.8 Å². The van der Waals surface area contributed by atoms with E-state index in [4.69, 9.17) is 16.3 Å². The molecule has 3 rings (SSSR count). The molecule has 0 saturated carbocycles. The van der Waals surface area contributed by atoms with Gasteiger partial charge in [0.2, 0.25) is 0 Å². The Balaban J connectivity index is 2.06. The highest BCUT2D eigenvalue weighted by atomic mass is 79.9. The second kappa shape index (κ2) is 8.26. The smallest absolute Gasteiger partial charge is 0.335 e. The highest BCUT2D eigenvalue weighted by molar-refractivity contribution is 9.10. The number of carbonyl (C=O) groups is 3. The van der Waals surface area contributed by atoms with E-state index in [2.05, 4.69) is 21.2 Å². The zero-order valence-electron chi connectivity index (χ0n) is 15.5. The second-order valence-electron chi connectivity index (χ2n) is 6.17. The first kappa shape index (κ1) is 20.9. The van der Waals surface area contributed by atoms with Crippen molar-refractivity contribution in [3.63, 3.8) is 0 Å². The van der Waals surface area contributed by atoms with E-state index in [1.165, 1.54) is 18.2 Å². The summed E-state index contributed by atoms with van der Waals surface area (Å²) in [6.07, 6.45) is 1.29. The average molecular weight is 480 g/mol. The van der Waals surface area contributed by atoms with Crippen LogP contribution in [-0.2, 0) is 9.59 Å². The molecule has 4 amide bonds. The zero-order chi connectivity index (χ0) is 21.3. The molecule has 2 aromatic carbocycles. The van der Waals surface area contributed by atoms with Gasteiger partial charge in [0.15, 0.2) is 11.5 Å². The topological polar surface area (TPSA) is 95.9 Å². The molecule has 1 heterocycles. The van der Waals surface area contributed by atoms with Crippen LogP contribution in [0.4, 0.5) is 10.5 Å². The Kier molecular flexibility index (Phi) is 5.95. The molecule has 0 unspecified atom stereocenters. The van der Waals surface area contributed by atoms with Gasteiger partial charge in [-0.25, -0.2) is 9.69 Å². The van der Waals surface area contributed by atoms with Crippen LogP contribution < -0.4 is 15.0 Å². The van der Waals surface area contributed by atoms with Gasteiger partial charge in [-0.1, -0.05) is 27.5 Å². The Labute approximate surface area is 180 Å². The summed E-state index contributed by atoms with van der Waals surface area (Å²) < 4.78 is 6.11. The van der Waals surface area contributed by atoms with Crippen LogP contribution in [0.15, 0.2) is 40.4 Å². The number of aromatic hydroxyl groups is 1. The number of halogens is 2. The number of imide groups is 2. The monoisotopic (exact) mass is 478 g/mol. The molecule has 1 aliphatic heterocycles. The highest BCUT2D eigenvalue weighted by Crippen LogP contribution is 2.36. The number of hydrogen-bond donors (Lipinski definition) is 2. The van der Waals surface area contributed by atoms with Crippen LogP contribution in [-0.4, -0.2) is 29.6 Å². The van der Waals surface area contributed by atoms with Crippen molar-refractivity contribution in [2.45, 2.75) is 13.8 Å². The maximum Gasteiger partial charge on any atom is 0.335 e. The van der Waals surface area contributed by atoms with Gasteiger partial charge in [0.1, 0.15) is 5.57 Å². The standard InChI is InChI=1S/C20H16BrClN2O5/c1-3-29-16-9-11(8-14(22)17(16)25)7-13-18(26)23-20(28)24(19(13)27)15-5-4-12(21)6-10(15)2/h4-9,25H,3H2,1-2H3,(H,23,26,28)/b13-7-. The molecule has 7 nitrogen and oxygen atoms in total. The summed E-state index contributed by atoms with van der Waals surface area (Å²) in [4.78, 5) is 38.6. The van der Waals surface area contributed by atoms with Crippen LogP contribution in [0.5, 0.6) is 11.5 Å². The number of carbonyl (C=O) groups excluding carboxylic acids is 3. The molecule has 150 valence electrons. The van der Waals surface area contributed by atoms with Gasteiger partial charge in [-0.15, -0.1) is 0 Å². The van der Waals surface area contributed by atoms with E-state index in [9.17, 15) is 19.5 Å². The van der Waals surface area contributed by atoms with E-state index in [1.807, 2.05) is 0 Å². The normalized spacial score (nSPS) is 15.7. The number of barbiturate groups is 1. The fraction of sp³-hybridized carbons (Fsp3) is 0.150. The van der Waals surface area contributed by atoms with Crippen molar-refractivity contribution in [2.75, 3.05) is 11.5 Å². The van der Waals surface area contributed by atoms with Gasteiger partial charge in [0, 0.05) is 4.47 Å². The van der Waals surface area contributed by atoms with E-state index < -0.39 is 17.8 Å². The van der Waals surface area contributed by atoms with E-state index in [-0.39, 0.29) is 28.7 Å². The molecule has 2 aromatic rings. The van der Waals surface area contributed by atoms with Crippen LogP contribution >= 0.6 is 27.5 Å². The van der Waals surface area contributed by atoms with Gasteiger partial charge >= 0.3 is 6.03 Å². The second-order valence-corrected chi connectivity index (χ2v) is 7.49. The van der Waals surface area contributed by atoms with Crippen LogP contribution in [0.2, 0.25) is 5.02 Å². The lowest BCUT2D eigenvalue weighted by Gasteiger charge is -2.27. The maximum atomic E-state index is 13.0. The van der Waals surface area contributed by atoms with Crippen LogP contribution in [0.1, 0.15) is 18.1 Å². The number of rotatable bonds is 4. The Hall–Kier alpha value is -2.84. The summed E-state index contributed by atoms with van der Waals surface area (Å²) in [7, 11) is 0. The molecular weight excluding hydrogens is 464 g/mol. The first-order chi connectivity index (χ1) is 13.7. The zero-order valence-corrected chi connectivity index (χ0v) is 17.8. The molecule has 0 aliphatic carbocycles. The summed E-state index contributed by atoms with van der Waals surface area (Å²) in [6.45, 7) is 3.77. The molecule has 0 spiro atoms. The van der Waals surface area contributed by atoms with Crippen molar-refractivity contribution in [2.24, 2.45) is 0 Å². The predicted octanol–water partition coefficient (Wildman–Crippen LogP) is 4.18. The lowest BCUT2D eigenvalue weighted by Crippen LogP contribution is -2.54. The van der Waals surface area contributed by atoms with Crippen molar-refractivity contribution in [3.8, 4) is 11.5 Å². The van der Waals surface area contributed by atoms with Crippen LogP contribution in [0, 0.1) is 6.92 Å². The molecule has 0 aromatic heterocycles. The number of aryl methyl sites for hydroxylation is 1. The molecular formula is C20H16BrClN2O5. The fourth-order valence-electron chi connectivity index (χ4n) is 2.86. The third kappa shape index (κ3) is 4.13. The van der Waals surface area contributed by atoms with E-state index >= 15 is 0 Å². The summed E-state index contributed by atoms with van der Waals surface area (Å²) >= 11 is 9.35. The van der Waals surface area contributed by atoms with Crippen molar-refractivity contribution in [1.82, 2.24) is 5.32 Å². The first-order valence-electron chi connectivity index (χ1n) is 8.55. The number of phenols is 1. The number of ether oxygens (including phenoxy) is 1. The Morgan fingerprint density at radius 1 is 1.24 bits per heavy atom. The fourth-order valence-corrected chi connectivity index (χ4v) is 3.55. The van der Waals surface area contributed by atoms with Crippen LogP contribution in [0.25, 0.3) is 6.08 Å². The van der Waals surface area contributed by atoms with Gasteiger partial charge in [0.05, 0.1) is 17.3 Å². The quantitative estimate of drug-likeness (QED) is 0.507. The number of phenolic OH excluding ortho intramolecular Hbond substituents is 1. The maximum absolute atomic E-state index is 13.0. The summed E-state index contributed by atoms with van der Waals surface area (Å²) in [5, 5.41) is 12.1. The van der Waals surface area contributed by atoms with E-state index in [0.717, 1.165) is 9.37 Å². The Bertz CT molecular complexity index is 1070. The number of urea groups is 1. The SMILES string of the molecule is CCOc1cc(/C=C2/C(=O)NC(=O)N(c3ccc(Br)cc3C)C2=O)cc(Cl)c1O. The van der Waals surface area contributed by atoms with Crippen molar-refractivity contribution >= 4 is 57.1 Å². The lowest BCUT2D eigenvalue weighted by atomic mass is 10.1. The lowest BCUT2D eigenvalue weighted by molar-refractivity contribution is -0.122.